The number of para-hydroxylation sites is 1. The van der Waals surface area contributed by atoms with Crippen LogP contribution in [0.5, 0.6) is 0 Å². The average Bonchev–Trinajstić information content (AvgIpc) is 3.03. The molecule has 0 saturated heterocycles. The summed E-state index contributed by atoms with van der Waals surface area (Å²) in [6, 6.07) is 7.67. The van der Waals surface area contributed by atoms with Gasteiger partial charge in [-0.05, 0) is 12.1 Å². The molecule has 0 radical (unpaired) electrons. The molecule has 0 atom stereocenters. The number of nitrogens with one attached hydrogen (secondary N) is 1. The van der Waals surface area contributed by atoms with E-state index in [9.17, 15) is 4.79 Å². The van der Waals surface area contributed by atoms with E-state index in [-0.39, 0.29) is 12.5 Å². The molecule has 3 rings (SSSR count). The lowest BCUT2D eigenvalue weighted by Crippen LogP contribution is -2.26. The molecule has 0 fully saturated rings. The number of amides is 1. The predicted molar refractivity (Wildman–Crippen MR) is 99.3 cm³/mol. The Balaban J connectivity index is 1.77. The fourth-order valence-electron chi connectivity index (χ4n) is 2.08. The minimum atomic E-state index is -0.237. The van der Waals surface area contributed by atoms with Crippen molar-refractivity contribution in [3.8, 4) is 0 Å². The Morgan fingerprint density at radius 3 is 2.24 bits per heavy atom. The van der Waals surface area contributed by atoms with E-state index in [4.69, 9.17) is 0 Å². The first-order valence-electron chi connectivity index (χ1n) is 7.67. The Labute approximate surface area is 149 Å². The van der Waals surface area contributed by atoms with Crippen LogP contribution in [0.2, 0.25) is 0 Å². The molecule has 9 heteroatoms. The van der Waals surface area contributed by atoms with Gasteiger partial charge in [-0.1, -0.05) is 12.1 Å². The van der Waals surface area contributed by atoms with Gasteiger partial charge in [0.25, 0.3) is 5.91 Å². The van der Waals surface area contributed by atoms with Crippen molar-refractivity contribution in [3.05, 3.63) is 35.1 Å². The summed E-state index contributed by atoms with van der Waals surface area (Å²) in [5.74, 6) is 1.35. The SMILES string of the molecule is CN(C)c1nc(CNC(=O)c2nc3ccccc3s2)nc(N(C)C)n1. The number of carbonyl (C=O) groups excluding carboxylic acids is 1. The molecular weight excluding hydrogens is 338 g/mol. The van der Waals surface area contributed by atoms with E-state index in [0.29, 0.717) is 22.7 Å². The molecule has 0 bridgehead atoms. The number of thiazole rings is 1. The van der Waals surface area contributed by atoms with Crippen LogP contribution in [0.1, 0.15) is 15.6 Å². The summed E-state index contributed by atoms with van der Waals surface area (Å²) >= 11 is 1.36. The van der Waals surface area contributed by atoms with Gasteiger partial charge in [0, 0.05) is 28.2 Å². The van der Waals surface area contributed by atoms with Crippen molar-refractivity contribution in [1.82, 2.24) is 25.3 Å². The number of hydrogen-bond acceptors (Lipinski definition) is 8. The van der Waals surface area contributed by atoms with Crippen LogP contribution < -0.4 is 15.1 Å². The van der Waals surface area contributed by atoms with Gasteiger partial charge < -0.3 is 15.1 Å². The van der Waals surface area contributed by atoms with Gasteiger partial charge in [0.05, 0.1) is 16.8 Å². The van der Waals surface area contributed by atoms with Gasteiger partial charge in [0.1, 0.15) is 0 Å². The summed E-state index contributed by atoms with van der Waals surface area (Å²) in [7, 11) is 7.44. The van der Waals surface area contributed by atoms with Gasteiger partial charge in [0.2, 0.25) is 11.9 Å². The van der Waals surface area contributed by atoms with Crippen LogP contribution in [0.25, 0.3) is 10.2 Å². The number of aromatic nitrogens is 4. The molecule has 8 nitrogen and oxygen atoms in total. The zero-order valence-electron chi connectivity index (χ0n) is 14.5. The second-order valence-corrected chi connectivity index (χ2v) is 6.84. The normalized spacial score (nSPS) is 10.7. The van der Waals surface area contributed by atoms with Crippen molar-refractivity contribution in [3.63, 3.8) is 0 Å². The number of carbonyl (C=O) groups is 1. The number of rotatable bonds is 5. The van der Waals surface area contributed by atoms with Gasteiger partial charge >= 0.3 is 0 Å². The van der Waals surface area contributed by atoms with Gasteiger partial charge in [-0.2, -0.15) is 15.0 Å². The van der Waals surface area contributed by atoms with Gasteiger partial charge in [-0.25, -0.2) is 4.98 Å². The maximum absolute atomic E-state index is 12.4. The van der Waals surface area contributed by atoms with Crippen molar-refractivity contribution < 1.29 is 4.79 Å². The second kappa shape index (κ2) is 6.98. The zero-order chi connectivity index (χ0) is 18.0. The lowest BCUT2D eigenvalue weighted by atomic mass is 10.3. The highest BCUT2D eigenvalue weighted by Crippen LogP contribution is 2.21. The molecule has 0 aliphatic carbocycles. The topological polar surface area (TPSA) is 87.1 Å². The minimum absolute atomic E-state index is 0.207. The van der Waals surface area contributed by atoms with E-state index in [1.807, 2.05) is 52.5 Å². The summed E-state index contributed by atoms with van der Waals surface area (Å²) in [6.07, 6.45) is 0. The zero-order valence-corrected chi connectivity index (χ0v) is 15.3. The Morgan fingerprint density at radius 2 is 1.64 bits per heavy atom. The van der Waals surface area contributed by atoms with Gasteiger partial charge in [-0.15, -0.1) is 11.3 Å². The summed E-state index contributed by atoms with van der Waals surface area (Å²) in [6.45, 7) is 0.207. The van der Waals surface area contributed by atoms with Crippen LogP contribution in [-0.2, 0) is 6.54 Å². The maximum Gasteiger partial charge on any atom is 0.280 e. The van der Waals surface area contributed by atoms with E-state index in [2.05, 4.69) is 25.3 Å². The standard InChI is InChI=1S/C16H19N7OS/c1-22(2)15-19-12(20-16(21-15)23(3)4)9-17-13(24)14-18-10-7-5-6-8-11(10)25-14/h5-8H,9H2,1-4H3,(H,17,24). The molecule has 0 unspecified atom stereocenters. The van der Waals surface area contributed by atoms with E-state index >= 15 is 0 Å². The fourth-order valence-corrected chi connectivity index (χ4v) is 2.96. The van der Waals surface area contributed by atoms with Crippen LogP contribution in [-0.4, -0.2) is 54.0 Å². The van der Waals surface area contributed by atoms with Gasteiger partial charge in [0.15, 0.2) is 10.8 Å². The van der Waals surface area contributed by atoms with E-state index in [1.54, 1.807) is 9.80 Å². The molecule has 3 aromatic rings. The first-order chi connectivity index (χ1) is 11.9. The summed E-state index contributed by atoms with van der Waals surface area (Å²) in [5, 5.41) is 3.25. The van der Waals surface area contributed by atoms with Crippen molar-refractivity contribution >= 4 is 39.4 Å². The summed E-state index contributed by atoms with van der Waals surface area (Å²) in [5.41, 5.74) is 0.822. The number of anilines is 2. The highest BCUT2D eigenvalue weighted by Gasteiger charge is 2.14. The van der Waals surface area contributed by atoms with Gasteiger partial charge in [-0.3, -0.25) is 4.79 Å². The molecule has 1 aromatic carbocycles. The molecule has 0 saturated carbocycles. The van der Waals surface area contributed by atoms with Crippen LogP contribution in [0.4, 0.5) is 11.9 Å². The minimum Gasteiger partial charge on any atom is -0.347 e. The van der Waals surface area contributed by atoms with Crippen LogP contribution in [0.3, 0.4) is 0 Å². The smallest absolute Gasteiger partial charge is 0.280 e. The van der Waals surface area contributed by atoms with Crippen LogP contribution in [0, 0.1) is 0 Å². The van der Waals surface area contributed by atoms with Crippen molar-refractivity contribution in [2.75, 3.05) is 38.0 Å². The third-order valence-corrected chi connectivity index (χ3v) is 4.39. The third-order valence-electron chi connectivity index (χ3n) is 3.35. The second-order valence-electron chi connectivity index (χ2n) is 5.81. The average molecular weight is 357 g/mol. The molecule has 0 aliphatic heterocycles. The first kappa shape index (κ1) is 17.0. The Bertz CT molecular complexity index is 847. The van der Waals surface area contributed by atoms with Crippen molar-refractivity contribution in [2.45, 2.75) is 6.54 Å². The molecule has 2 aromatic heterocycles. The van der Waals surface area contributed by atoms with Crippen molar-refractivity contribution in [2.24, 2.45) is 0 Å². The number of benzene rings is 1. The Hall–Kier alpha value is -2.81. The molecule has 0 aliphatic rings. The molecule has 2 heterocycles. The van der Waals surface area contributed by atoms with Crippen LogP contribution >= 0.6 is 11.3 Å². The van der Waals surface area contributed by atoms with Crippen molar-refractivity contribution in [1.29, 1.82) is 0 Å². The fraction of sp³-hybridized carbons (Fsp3) is 0.312. The molecule has 1 amide bonds. The number of hydrogen-bond donors (Lipinski definition) is 1. The van der Waals surface area contributed by atoms with E-state index in [0.717, 1.165) is 10.2 Å². The molecular formula is C16H19N7OS. The lowest BCUT2D eigenvalue weighted by Gasteiger charge is -2.16. The van der Waals surface area contributed by atoms with E-state index < -0.39 is 0 Å². The Morgan fingerprint density at radius 1 is 1.00 bits per heavy atom. The van der Waals surface area contributed by atoms with Crippen LogP contribution in [0.15, 0.2) is 24.3 Å². The highest BCUT2D eigenvalue weighted by atomic mass is 32.1. The summed E-state index contributed by atoms with van der Waals surface area (Å²) < 4.78 is 0.984. The monoisotopic (exact) mass is 357 g/mol. The van der Waals surface area contributed by atoms with E-state index in [1.165, 1.54) is 11.3 Å². The number of nitrogens with zero attached hydrogens (tertiary/aromatic N) is 6. The largest absolute Gasteiger partial charge is 0.347 e. The lowest BCUT2D eigenvalue weighted by molar-refractivity contribution is 0.0949. The number of fused-ring (bicyclic) bond motifs is 1. The quantitative estimate of drug-likeness (QED) is 0.741. The Kier molecular flexibility index (Phi) is 4.75. The summed E-state index contributed by atoms with van der Waals surface area (Å²) in [4.78, 5) is 33.4. The maximum atomic E-state index is 12.4. The molecule has 1 N–H and O–H groups in total. The third kappa shape index (κ3) is 3.82. The first-order valence-corrected chi connectivity index (χ1v) is 8.49. The molecule has 0 spiro atoms. The molecule has 130 valence electrons. The highest BCUT2D eigenvalue weighted by molar-refractivity contribution is 7.20. The molecule has 25 heavy (non-hydrogen) atoms. The predicted octanol–water partition coefficient (Wildman–Crippen LogP) is 1.54.